The summed E-state index contributed by atoms with van der Waals surface area (Å²) in [5.41, 5.74) is 4.54. The summed E-state index contributed by atoms with van der Waals surface area (Å²) in [7, 11) is 3.40. The lowest BCUT2D eigenvalue weighted by atomic mass is 10.1. The Hall–Kier alpha value is -2.71. The molecule has 1 saturated carbocycles. The van der Waals surface area contributed by atoms with E-state index in [0.29, 0.717) is 18.6 Å². The number of piperidine rings is 1. The molecule has 1 aliphatic carbocycles. The standard InChI is InChI=1S/C22H28N6O2/c1-29-13-15-7-8-17(26-22(15)25-16-4-3-9-23-11-16)18-12-24-20-10-19(30-2)21(14-5-6-14)27-28(18)20/h7-8,10,12,14,16,23H,3-6,9,11,13H2,1-2H3,(H,25,26)/t16-/m0/s1. The van der Waals surface area contributed by atoms with Gasteiger partial charge >= 0.3 is 0 Å². The second kappa shape index (κ2) is 8.20. The van der Waals surface area contributed by atoms with Crippen molar-refractivity contribution >= 4 is 11.5 Å². The average Bonchev–Trinajstić information content (AvgIpc) is 3.54. The number of nitrogens with zero attached hydrogens (tertiary/aromatic N) is 4. The first kappa shape index (κ1) is 19.3. The highest BCUT2D eigenvalue weighted by molar-refractivity contribution is 5.64. The van der Waals surface area contributed by atoms with E-state index in [1.807, 2.05) is 22.8 Å². The SMILES string of the molecule is COCc1ccc(-c2cnc3cc(OC)c(C4CC4)nn23)nc1N[C@H]1CCCNC1. The van der Waals surface area contributed by atoms with Crippen molar-refractivity contribution in [2.75, 3.05) is 32.6 Å². The molecule has 5 rings (SSSR count). The van der Waals surface area contributed by atoms with E-state index in [9.17, 15) is 0 Å². The minimum atomic E-state index is 0.364. The van der Waals surface area contributed by atoms with Crippen LogP contribution >= 0.6 is 0 Å². The van der Waals surface area contributed by atoms with E-state index in [2.05, 4.69) is 21.7 Å². The number of ether oxygens (including phenoxy) is 2. The number of anilines is 1. The van der Waals surface area contributed by atoms with Crippen molar-refractivity contribution in [1.82, 2.24) is 24.9 Å². The smallest absolute Gasteiger partial charge is 0.157 e. The van der Waals surface area contributed by atoms with Crippen LogP contribution < -0.4 is 15.4 Å². The summed E-state index contributed by atoms with van der Waals surface area (Å²) in [6.45, 7) is 2.54. The van der Waals surface area contributed by atoms with Gasteiger partial charge in [-0.05, 0) is 38.3 Å². The van der Waals surface area contributed by atoms with Crippen molar-refractivity contribution in [3.8, 4) is 17.1 Å². The Labute approximate surface area is 176 Å². The first-order valence-corrected chi connectivity index (χ1v) is 10.7. The molecule has 2 fully saturated rings. The molecule has 0 radical (unpaired) electrons. The van der Waals surface area contributed by atoms with Gasteiger partial charge in [0.1, 0.15) is 23.0 Å². The number of hydrogen-bond donors (Lipinski definition) is 2. The van der Waals surface area contributed by atoms with Crippen molar-refractivity contribution in [2.24, 2.45) is 0 Å². The van der Waals surface area contributed by atoms with Crippen LogP contribution in [0.5, 0.6) is 5.75 Å². The Balaban J connectivity index is 1.53. The van der Waals surface area contributed by atoms with Crippen molar-refractivity contribution in [2.45, 2.75) is 44.2 Å². The lowest BCUT2D eigenvalue weighted by Crippen LogP contribution is -2.38. The first-order valence-electron chi connectivity index (χ1n) is 10.7. The fourth-order valence-corrected chi connectivity index (χ4v) is 4.09. The van der Waals surface area contributed by atoms with E-state index in [1.54, 1.807) is 14.2 Å². The Morgan fingerprint density at radius 3 is 2.87 bits per heavy atom. The molecule has 1 aliphatic heterocycles. The molecule has 158 valence electrons. The van der Waals surface area contributed by atoms with Gasteiger partial charge in [-0.1, -0.05) is 6.07 Å². The van der Waals surface area contributed by atoms with Crippen LogP contribution in [0.4, 0.5) is 5.82 Å². The van der Waals surface area contributed by atoms with E-state index >= 15 is 0 Å². The third-order valence-corrected chi connectivity index (χ3v) is 5.85. The van der Waals surface area contributed by atoms with Gasteiger partial charge in [-0.2, -0.15) is 5.10 Å². The number of imidazole rings is 1. The van der Waals surface area contributed by atoms with Crippen molar-refractivity contribution in [3.63, 3.8) is 0 Å². The Bertz CT molecular complexity index is 1040. The number of fused-ring (bicyclic) bond motifs is 1. The van der Waals surface area contributed by atoms with E-state index in [4.69, 9.17) is 19.6 Å². The normalized spacial score (nSPS) is 19.2. The van der Waals surface area contributed by atoms with Gasteiger partial charge in [0.25, 0.3) is 0 Å². The lowest BCUT2D eigenvalue weighted by molar-refractivity contribution is 0.185. The molecule has 1 atom stereocenters. The molecule has 3 aromatic heterocycles. The van der Waals surface area contributed by atoms with E-state index in [1.165, 1.54) is 6.42 Å². The highest BCUT2D eigenvalue weighted by atomic mass is 16.5. The maximum atomic E-state index is 5.55. The van der Waals surface area contributed by atoms with Crippen molar-refractivity contribution < 1.29 is 9.47 Å². The minimum absolute atomic E-state index is 0.364. The second-order valence-corrected chi connectivity index (χ2v) is 8.11. The molecule has 8 heteroatoms. The van der Waals surface area contributed by atoms with Gasteiger partial charge in [0.05, 0.1) is 25.6 Å². The fourth-order valence-electron chi connectivity index (χ4n) is 4.09. The van der Waals surface area contributed by atoms with Gasteiger partial charge in [0.2, 0.25) is 0 Å². The molecular weight excluding hydrogens is 380 g/mol. The average molecular weight is 409 g/mol. The second-order valence-electron chi connectivity index (χ2n) is 8.11. The predicted octanol–water partition coefficient (Wildman–Crippen LogP) is 2.99. The summed E-state index contributed by atoms with van der Waals surface area (Å²) in [5.74, 6) is 2.17. The summed E-state index contributed by atoms with van der Waals surface area (Å²) < 4.78 is 12.8. The maximum absolute atomic E-state index is 5.55. The van der Waals surface area contributed by atoms with Crippen LogP contribution in [0.2, 0.25) is 0 Å². The summed E-state index contributed by atoms with van der Waals surface area (Å²) in [5, 5.41) is 12.0. The van der Waals surface area contributed by atoms with Crippen molar-refractivity contribution in [1.29, 1.82) is 0 Å². The highest BCUT2D eigenvalue weighted by Gasteiger charge is 2.30. The molecule has 4 heterocycles. The van der Waals surface area contributed by atoms with Gasteiger partial charge < -0.3 is 20.1 Å². The molecular formula is C22H28N6O2. The topological polar surface area (TPSA) is 85.6 Å². The van der Waals surface area contributed by atoms with E-state index in [-0.39, 0.29) is 0 Å². The van der Waals surface area contributed by atoms with Gasteiger partial charge in [0, 0.05) is 37.2 Å². The molecule has 0 amide bonds. The minimum Gasteiger partial charge on any atom is -0.495 e. The predicted molar refractivity (Wildman–Crippen MR) is 115 cm³/mol. The van der Waals surface area contributed by atoms with Crippen LogP contribution in [0.1, 0.15) is 42.9 Å². The Kier molecular flexibility index (Phi) is 5.26. The summed E-state index contributed by atoms with van der Waals surface area (Å²) >= 11 is 0. The summed E-state index contributed by atoms with van der Waals surface area (Å²) in [4.78, 5) is 9.51. The number of hydrogen-bond acceptors (Lipinski definition) is 7. The van der Waals surface area contributed by atoms with E-state index in [0.717, 1.165) is 72.2 Å². The molecule has 3 aromatic rings. The third kappa shape index (κ3) is 3.73. The zero-order valence-electron chi connectivity index (χ0n) is 17.5. The molecule has 0 spiro atoms. The zero-order valence-corrected chi connectivity index (χ0v) is 17.5. The quantitative estimate of drug-likeness (QED) is 0.622. The summed E-state index contributed by atoms with van der Waals surface area (Å²) in [6.07, 6.45) is 6.45. The highest BCUT2D eigenvalue weighted by Crippen LogP contribution is 2.43. The van der Waals surface area contributed by atoms with Crippen LogP contribution in [0, 0.1) is 0 Å². The van der Waals surface area contributed by atoms with Crippen LogP contribution in [0.3, 0.4) is 0 Å². The number of nitrogens with one attached hydrogen (secondary N) is 2. The van der Waals surface area contributed by atoms with Crippen molar-refractivity contribution in [3.05, 3.63) is 35.7 Å². The molecule has 30 heavy (non-hydrogen) atoms. The first-order chi connectivity index (χ1) is 14.8. The van der Waals surface area contributed by atoms with Crippen LogP contribution in [0.25, 0.3) is 17.0 Å². The van der Waals surface area contributed by atoms with Crippen LogP contribution in [0.15, 0.2) is 24.4 Å². The summed E-state index contributed by atoms with van der Waals surface area (Å²) in [6, 6.07) is 6.43. The Morgan fingerprint density at radius 1 is 1.23 bits per heavy atom. The van der Waals surface area contributed by atoms with Gasteiger partial charge in [-0.15, -0.1) is 0 Å². The van der Waals surface area contributed by atoms with Crippen LogP contribution in [-0.2, 0) is 11.3 Å². The number of pyridine rings is 1. The number of aromatic nitrogens is 4. The monoisotopic (exact) mass is 408 g/mol. The number of methoxy groups -OCH3 is 2. The molecule has 2 aliphatic rings. The zero-order chi connectivity index (χ0) is 20.5. The van der Waals surface area contributed by atoms with Gasteiger partial charge in [-0.25, -0.2) is 14.5 Å². The molecule has 0 unspecified atom stereocenters. The molecule has 0 bridgehead atoms. The number of rotatable bonds is 7. The lowest BCUT2D eigenvalue weighted by Gasteiger charge is -2.25. The fraction of sp³-hybridized carbons (Fsp3) is 0.500. The Morgan fingerprint density at radius 2 is 2.13 bits per heavy atom. The van der Waals surface area contributed by atoms with E-state index < -0.39 is 0 Å². The maximum Gasteiger partial charge on any atom is 0.157 e. The molecule has 0 aromatic carbocycles. The molecule has 1 saturated heterocycles. The largest absolute Gasteiger partial charge is 0.495 e. The van der Waals surface area contributed by atoms with Gasteiger partial charge in [0.15, 0.2) is 5.65 Å². The van der Waals surface area contributed by atoms with Gasteiger partial charge in [-0.3, -0.25) is 0 Å². The molecule has 2 N–H and O–H groups in total. The van der Waals surface area contributed by atoms with Crippen LogP contribution in [-0.4, -0.2) is 52.9 Å². The third-order valence-electron chi connectivity index (χ3n) is 5.85. The molecule has 8 nitrogen and oxygen atoms in total.